The lowest BCUT2D eigenvalue weighted by molar-refractivity contribution is 0.266. The normalized spacial score (nSPS) is 10.8. The number of aliphatic hydroxyl groups is 1. The van der Waals surface area contributed by atoms with E-state index >= 15 is 0 Å². The minimum absolute atomic E-state index is 0.0882. The first-order valence-corrected chi connectivity index (χ1v) is 48.9. The maximum absolute atomic E-state index is 9.56. The monoisotopic (exact) mass is 2010 g/mol. The molecule has 736 valence electrons. The number of aliphatic hydroxyl groups excluding tert-OH is 1. The van der Waals surface area contributed by atoms with E-state index in [1.54, 1.807) is 42.3 Å². The van der Waals surface area contributed by atoms with E-state index in [9.17, 15) is 5.11 Å². The highest BCUT2D eigenvalue weighted by Crippen LogP contribution is 2.45. The summed E-state index contributed by atoms with van der Waals surface area (Å²) in [4.78, 5) is 0. The van der Waals surface area contributed by atoms with Gasteiger partial charge >= 0.3 is 0 Å². The molecule has 1 aliphatic rings. The van der Waals surface area contributed by atoms with Crippen molar-refractivity contribution in [3.05, 3.63) is 346 Å². The van der Waals surface area contributed by atoms with Gasteiger partial charge in [-0.25, -0.2) is 0 Å². The van der Waals surface area contributed by atoms with Gasteiger partial charge in [0, 0.05) is 75.9 Å². The molecule has 0 saturated heterocycles. The Labute approximate surface area is 860 Å². The molecule has 0 bridgehead atoms. The summed E-state index contributed by atoms with van der Waals surface area (Å²) in [6.07, 6.45) is 3.38. The molecule has 0 heterocycles. The number of benzene rings is 12. The smallest absolute Gasteiger partial charge is 0.261 e. The predicted octanol–water partition coefficient (Wildman–Crippen LogP) is 24.7. The molecule has 139 heavy (non-hydrogen) atoms. The molecule has 0 atom stereocenters. The van der Waals surface area contributed by atoms with Gasteiger partial charge in [0.1, 0.15) is 114 Å². The van der Waals surface area contributed by atoms with Crippen LogP contribution < -0.4 is 93.5 Å². The van der Waals surface area contributed by atoms with Crippen molar-refractivity contribution in [3.63, 3.8) is 0 Å². The van der Waals surface area contributed by atoms with Crippen LogP contribution in [0.5, 0.6) is 74.7 Å². The molecule has 0 radical (unpaired) electrons. The van der Waals surface area contributed by atoms with Gasteiger partial charge in [-0.1, -0.05) is 180 Å². The lowest BCUT2D eigenvalue weighted by Gasteiger charge is -2.17. The molecule has 27 heteroatoms. The van der Waals surface area contributed by atoms with E-state index in [0.29, 0.717) is 101 Å². The molecule has 0 spiro atoms. The fraction of sp³-hybridized carbons (Fsp3) is 0.304. The maximum Gasteiger partial charge on any atom is 0.261 e. The summed E-state index contributed by atoms with van der Waals surface area (Å²) in [6.45, 7) is 33.7. The van der Waals surface area contributed by atoms with Crippen LogP contribution in [0.25, 0.3) is 0 Å². The average molecular weight is 2010 g/mol. The van der Waals surface area contributed by atoms with Crippen molar-refractivity contribution in [1.82, 2.24) is 31.9 Å². The van der Waals surface area contributed by atoms with Gasteiger partial charge in [-0.05, 0) is 335 Å². The van der Waals surface area contributed by atoms with Crippen LogP contribution in [0.4, 0.5) is 0 Å². The fourth-order valence-electron chi connectivity index (χ4n) is 14.5. The van der Waals surface area contributed by atoms with E-state index in [2.05, 4.69) is 161 Å². The summed E-state index contributed by atoms with van der Waals surface area (Å²) in [5.41, 5.74) is 25.1. The molecular formula is C112H132N6O14S7. The van der Waals surface area contributed by atoms with Crippen molar-refractivity contribution < 1.29 is 66.7 Å². The molecule has 0 amide bonds. The fourth-order valence-corrected chi connectivity index (χ4v) is 15.3. The standard InChI is InChI=1S/C20H23NO2S.C19H23NO3S.C19H23NO2S.C18H21NO3S.C18H21NO2S2.C18H21NO2S/c1-13-7-10-18(14(2)11-13)22-12-17-16(15-8-9-15)5-4-6-19(17)23-20(24)21-3;1-5-21-17-7-6-8-18(23-19(24)20-4)15(17)12-22-16-10-9-13(2)11-14(16)3;1-5-15-7-6-8-18(22-19(23)20-4)16(15)12-21-17-10-9-13(2)11-14(17)3;1-12-7-8-16(13(2)9-12)21-11-15-14(10-20)5-4-6-17(15)22-18(23)19-3;1-12-7-8-16(13(2)9-12)20-10-15-14(11-22)5-4-6-17(15)21-18(23)19-3;1-12-8-9-16(14(3)10-12)20-11-15-13(2)6-5-7-17(15)21-18(22)19-4/h4-7,10-11,15H,8-9,12H2,1-3H3,(H,21,24);6-11H,5,12H2,1-4H3,(H,20,24);6-11H,5,12H2,1-4H3,(H,20,23);4-9,20H,10-11H2,1-3H3,(H,19,23);4-9,22H,10-11H2,1-3H3,(H,19,23);5-10H,11H2,1-4H3,(H,19,22). The van der Waals surface area contributed by atoms with Crippen LogP contribution in [-0.4, -0.2) is 85.0 Å². The molecule has 0 unspecified atom stereocenters. The van der Waals surface area contributed by atoms with E-state index < -0.39 is 0 Å². The highest BCUT2D eigenvalue weighted by molar-refractivity contribution is 7.81. The van der Waals surface area contributed by atoms with Gasteiger partial charge < -0.3 is 98.6 Å². The minimum Gasteiger partial charge on any atom is -0.493 e. The van der Waals surface area contributed by atoms with Gasteiger partial charge in [0.05, 0.1) is 18.8 Å². The van der Waals surface area contributed by atoms with E-state index in [4.69, 9.17) is 135 Å². The van der Waals surface area contributed by atoms with Gasteiger partial charge in [0.2, 0.25) is 0 Å². The Kier molecular flexibility index (Phi) is 46.7. The van der Waals surface area contributed by atoms with Gasteiger partial charge in [-0.3, -0.25) is 0 Å². The largest absolute Gasteiger partial charge is 0.493 e. The Bertz CT molecular complexity index is 5860. The average Bonchev–Trinajstić information content (AvgIpc) is 1.67. The third-order valence-corrected chi connectivity index (χ3v) is 24.1. The van der Waals surface area contributed by atoms with Crippen LogP contribution in [0.1, 0.15) is 161 Å². The zero-order valence-electron chi connectivity index (χ0n) is 83.5. The molecule has 13 rings (SSSR count). The van der Waals surface area contributed by atoms with E-state index in [-0.39, 0.29) is 11.8 Å². The number of thiol groups is 1. The zero-order chi connectivity index (χ0) is 101. The predicted molar refractivity (Wildman–Crippen MR) is 590 cm³/mol. The number of thiocarbonyl (C=S) groups is 6. The van der Waals surface area contributed by atoms with Crippen LogP contribution >= 0.6 is 85.9 Å². The van der Waals surface area contributed by atoms with Gasteiger partial charge in [0.15, 0.2) is 0 Å². The highest BCUT2D eigenvalue weighted by Gasteiger charge is 2.29. The number of aryl methyl sites for hydroxylation is 14. The molecule has 12 aromatic carbocycles. The molecule has 1 saturated carbocycles. The molecule has 1 aliphatic carbocycles. The van der Waals surface area contributed by atoms with Gasteiger partial charge in [-0.2, -0.15) is 12.6 Å². The second-order valence-corrected chi connectivity index (χ2v) is 35.4. The summed E-state index contributed by atoms with van der Waals surface area (Å²) < 4.78 is 75.9. The first-order valence-electron chi connectivity index (χ1n) is 45.8. The van der Waals surface area contributed by atoms with Gasteiger partial charge in [0.25, 0.3) is 31.0 Å². The summed E-state index contributed by atoms with van der Waals surface area (Å²) in [5.74, 6) is 11.3. The minimum atomic E-state index is -0.0882. The Morgan fingerprint density at radius 2 is 0.518 bits per heavy atom. The lowest BCUT2D eigenvalue weighted by Crippen LogP contribution is -2.22. The number of hydrogen-bond donors (Lipinski definition) is 8. The Morgan fingerprint density at radius 3 is 0.813 bits per heavy atom. The topological polar surface area (TPSA) is 212 Å². The van der Waals surface area contributed by atoms with Crippen LogP contribution in [0.2, 0.25) is 0 Å². The van der Waals surface area contributed by atoms with Crippen molar-refractivity contribution in [1.29, 1.82) is 0 Å². The molecule has 20 nitrogen and oxygen atoms in total. The third kappa shape index (κ3) is 35.8. The van der Waals surface area contributed by atoms with E-state index in [1.807, 2.05) is 206 Å². The summed E-state index contributed by atoms with van der Waals surface area (Å²) in [6, 6.07) is 71.8. The molecule has 1 fully saturated rings. The number of nitrogens with one attached hydrogen (secondary N) is 6. The van der Waals surface area contributed by atoms with E-state index in [1.165, 1.54) is 57.3 Å². The molecule has 12 aromatic rings. The van der Waals surface area contributed by atoms with Crippen molar-refractivity contribution >= 4 is 117 Å². The summed E-state index contributed by atoms with van der Waals surface area (Å²) in [7, 11) is 10.4. The van der Waals surface area contributed by atoms with Crippen LogP contribution in [0.3, 0.4) is 0 Å². The zero-order valence-corrected chi connectivity index (χ0v) is 89.3. The highest BCUT2D eigenvalue weighted by atomic mass is 32.1. The number of hydrogen-bond acceptors (Lipinski definition) is 21. The molecule has 7 N–H and O–H groups in total. The number of rotatable bonds is 30. The van der Waals surface area contributed by atoms with Crippen LogP contribution in [0.15, 0.2) is 218 Å². The van der Waals surface area contributed by atoms with Crippen molar-refractivity contribution in [2.75, 3.05) is 48.9 Å². The van der Waals surface area contributed by atoms with Crippen molar-refractivity contribution in [3.8, 4) is 74.7 Å². The lowest BCUT2D eigenvalue weighted by atomic mass is 10.0. The van der Waals surface area contributed by atoms with Crippen LogP contribution in [0, 0.1) is 90.0 Å². The summed E-state index contributed by atoms with van der Waals surface area (Å²) >= 11 is 35.0. The SMILES string of the molecule is CCOc1cccc(OC(=S)NC)c1COc1ccc(C)cc1C.CCc1cccc(OC(=S)NC)c1COc1ccc(C)cc1C.CNC(=S)Oc1cccc(C)c1COc1ccc(C)cc1C.CNC(=S)Oc1cccc(C2CC2)c1COc1ccc(C)cc1C.CNC(=S)Oc1cccc(CO)c1COc1ccc(C)cc1C.CNC(=S)Oc1cccc(CS)c1COc1ccc(C)cc1C. The molecule has 0 aliphatic heterocycles. The van der Waals surface area contributed by atoms with Crippen molar-refractivity contribution in [2.45, 2.75) is 181 Å². The second kappa shape index (κ2) is 57.9. The first-order chi connectivity index (χ1) is 66.8. The third-order valence-electron chi connectivity index (χ3n) is 22.0. The van der Waals surface area contributed by atoms with Gasteiger partial charge in [-0.15, -0.1) is 0 Å². The quantitative estimate of drug-likeness (QED) is 0.0155. The number of ether oxygens (including phenoxy) is 13. The Hall–Kier alpha value is -12.3. The first kappa shape index (κ1) is 112. The van der Waals surface area contributed by atoms with E-state index in [0.717, 1.165) is 147 Å². The molecule has 0 aromatic heterocycles. The maximum atomic E-state index is 9.56. The van der Waals surface area contributed by atoms with Crippen molar-refractivity contribution in [2.24, 2.45) is 0 Å². The van der Waals surface area contributed by atoms with Crippen LogP contribution in [-0.2, 0) is 58.4 Å². The Morgan fingerprint density at radius 1 is 0.273 bits per heavy atom. The second-order valence-electron chi connectivity index (χ2n) is 32.8. The Balaban J connectivity index is 0.000000205. The molecular weight excluding hydrogens is 1880 g/mol. The summed E-state index contributed by atoms with van der Waals surface area (Å²) in [5, 5.41) is 28.4.